The average Bonchev–Trinajstić information content (AvgIpc) is 3.13. The first kappa shape index (κ1) is 21.8. The summed E-state index contributed by atoms with van der Waals surface area (Å²) in [5, 5.41) is 0. The van der Waals surface area contributed by atoms with E-state index in [1.165, 1.54) is 47.7 Å². The van der Waals surface area contributed by atoms with Crippen LogP contribution < -0.4 is 19.9 Å². The van der Waals surface area contributed by atoms with E-state index in [1.54, 1.807) is 12.1 Å². The minimum Gasteiger partial charge on any atom is -0.493 e. The second-order valence-corrected chi connectivity index (χ2v) is 5.70. The van der Waals surface area contributed by atoms with Crippen LogP contribution in [-0.4, -0.2) is 52.5 Å². The SMILES string of the molecule is COC(=O)C=Cc1c(C(=O)OC)[nH]c(CN)c1-c1ccc(OC)c(OC)c1OC. The van der Waals surface area contributed by atoms with Gasteiger partial charge < -0.3 is 34.4 Å². The highest BCUT2D eigenvalue weighted by Gasteiger charge is 2.26. The minimum absolute atomic E-state index is 0.0862. The lowest BCUT2D eigenvalue weighted by Crippen LogP contribution is -2.04. The van der Waals surface area contributed by atoms with E-state index in [9.17, 15) is 9.59 Å². The van der Waals surface area contributed by atoms with Crippen LogP contribution in [0, 0.1) is 0 Å². The highest BCUT2D eigenvalue weighted by molar-refractivity contribution is 6.00. The molecule has 0 radical (unpaired) electrons. The standard InChI is InChI=1S/C20H24N2O7/c1-25-14-8-6-12(18(27-3)19(14)28-4)16-11(7-9-15(23)26-2)17(20(24)29-5)22-13(16)10-21/h6-9,22H,10,21H2,1-5H3. The number of esters is 2. The predicted molar refractivity (Wildman–Crippen MR) is 106 cm³/mol. The predicted octanol–water partition coefficient (Wildman–Crippen LogP) is 2.14. The summed E-state index contributed by atoms with van der Waals surface area (Å²) < 4.78 is 25.9. The van der Waals surface area contributed by atoms with E-state index >= 15 is 0 Å². The molecule has 1 aromatic carbocycles. The van der Waals surface area contributed by atoms with E-state index in [0.29, 0.717) is 39.6 Å². The largest absolute Gasteiger partial charge is 0.493 e. The molecule has 0 aliphatic carbocycles. The van der Waals surface area contributed by atoms with Crippen molar-refractivity contribution in [2.45, 2.75) is 6.54 Å². The molecule has 0 atom stereocenters. The lowest BCUT2D eigenvalue weighted by Gasteiger charge is -2.16. The van der Waals surface area contributed by atoms with E-state index in [-0.39, 0.29) is 12.2 Å². The number of carbonyl (C=O) groups is 2. The molecular formula is C20H24N2O7. The molecule has 0 spiro atoms. The number of methoxy groups -OCH3 is 5. The fourth-order valence-corrected chi connectivity index (χ4v) is 2.98. The van der Waals surface area contributed by atoms with E-state index in [2.05, 4.69) is 9.72 Å². The van der Waals surface area contributed by atoms with Crippen LogP contribution in [0.4, 0.5) is 0 Å². The number of hydrogen-bond acceptors (Lipinski definition) is 8. The van der Waals surface area contributed by atoms with Gasteiger partial charge in [-0.3, -0.25) is 0 Å². The van der Waals surface area contributed by atoms with Crippen molar-refractivity contribution in [1.29, 1.82) is 0 Å². The van der Waals surface area contributed by atoms with Gasteiger partial charge in [-0.25, -0.2) is 9.59 Å². The first-order valence-electron chi connectivity index (χ1n) is 8.55. The van der Waals surface area contributed by atoms with Crippen molar-refractivity contribution >= 4 is 18.0 Å². The van der Waals surface area contributed by atoms with Gasteiger partial charge in [-0.1, -0.05) is 0 Å². The fraction of sp³-hybridized carbons (Fsp3) is 0.300. The minimum atomic E-state index is -0.616. The van der Waals surface area contributed by atoms with Crippen molar-refractivity contribution in [3.63, 3.8) is 0 Å². The van der Waals surface area contributed by atoms with E-state index in [0.717, 1.165) is 0 Å². The Morgan fingerprint density at radius 1 is 1.00 bits per heavy atom. The van der Waals surface area contributed by atoms with Crippen LogP contribution in [0.2, 0.25) is 0 Å². The molecule has 29 heavy (non-hydrogen) atoms. The van der Waals surface area contributed by atoms with Crippen molar-refractivity contribution in [2.24, 2.45) is 5.73 Å². The second-order valence-electron chi connectivity index (χ2n) is 5.70. The second kappa shape index (κ2) is 9.65. The number of aromatic amines is 1. The molecular weight excluding hydrogens is 380 g/mol. The highest BCUT2D eigenvalue weighted by Crippen LogP contribution is 2.46. The lowest BCUT2D eigenvalue weighted by molar-refractivity contribution is -0.134. The maximum atomic E-state index is 12.3. The maximum Gasteiger partial charge on any atom is 0.355 e. The Labute approximate surface area is 168 Å². The number of nitrogens with one attached hydrogen (secondary N) is 1. The van der Waals surface area contributed by atoms with Crippen molar-refractivity contribution in [3.8, 4) is 28.4 Å². The molecule has 1 heterocycles. The van der Waals surface area contributed by atoms with Crippen molar-refractivity contribution < 1.29 is 33.3 Å². The van der Waals surface area contributed by atoms with Gasteiger partial charge in [-0.2, -0.15) is 0 Å². The topological polar surface area (TPSA) is 122 Å². The molecule has 3 N–H and O–H groups in total. The van der Waals surface area contributed by atoms with Crippen molar-refractivity contribution in [2.75, 3.05) is 35.5 Å². The van der Waals surface area contributed by atoms with Crippen molar-refractivity contribution in [1.82, 2.24) is 4.98 Å². The third-order valence-corrected chi connectivity index (χ3v) is 4.27. The number of rotatable bonds is 8. The number of hydrogen-bond donors (Lipinski definition) is 2. The fourth-order valence-electron chi connectivity index (χ4n) is 2.98. The number of ether oxygens (including phenoxy) is 5. The normalized spacial score (nSPS) is 10.7. The van der Waals surface area contributed by atoms with E-state index in [4.69, 9.17) is 24.7 Å². The summed E-state index contributed by atoms with van der Waals surface area (Å²) in [5.74, 6) is 0.0260. The summed E-state index contributed by atoms with van der Waals surface area (Å²) in [6.45, 7) is 0.0862. The van der Waals surface area contributed by atoms with Crippen LogP contribution >= 0.6 is 0 Å². The van der Waals surface area contributed by atoms with Gasteiger partial charge in [0.05, 0.1) is 35.5 Å². The molecule has 2 aromatic rings. The molecule has 0 aliphatic rings. The third-order valence-electron chi connectivity index (χ3n) is 4.27. The van der Waals surface area contributed by atoms with E-state index < -0.39 is 11.9 Å². The molecule has 2 rings (SSSR count). The summed E-state index contributed by atoms with van der Waals surface area (Å²) >= 11 is 0. The zero-order chi connectivity index (χ0) is 21.6. The number of benzene rings is 1. The van der Waals surface area contributed by atoms with Gasteiger partial charge in [0.1, 0.15) is 5.69 Å². The van der Waals surface area contributed by atoms with Gasteiger partial charge in [0, 0.05) is 35.0 Å². The van der Waals surface area contributed by atoms with Crippen LogP contribution in [0.25, 0.3) is 17.2 Å². The van der Waals surface area contributed by atoms with Gasteiger partial charge >= 0.3 is 11.9 Å². The highest BCUT2D eigenvalue weighted by atomic mass is 16.5. The number of carbonyl (C=O) groups excluding carboxylic acids is 2. The zero-order valence-electron chi connectivity index (χ0n) is 17.0. The Hall–Kier alpha value is -3.46. The molecule has 9 nitrogen and oxygen atoms in total. The smallest absolute Gasteiger partial charge is 0.355 e. The first-order valence-corrected chi connectivity index (χ1v) is 8.55. The maximum absolute atomic E-state index is 12.3. The Kier molecular flexibility index (Phi) is 7.27. The van der Waals surface area contributed by atoms with Crippen LogP contribution in [0.1, 0.15) is 21.7 Å². The Bertz CT molecular complexity index is 931. The summed E-state index contributed by atoms with van der Waals surface area (Å²) in [6, 6.07) is 3.45. The van der Waals surface area contributed by atoms with Crippen LogP contribution in [0.5, 0.6) is 17.2 Å². The van der Waals surface area contributed by atoms with Gasteiger partial charge in [-0.05, 0) is 18.2 Å². The number of aromatic nitrogens is 1. The molecule has 0 saturated heterocycles. The molecule has 0 saturated carbocycles. The summed E-state index contributed by atoms with van der Waals surface area (Å²) in [5.41, 5.74) is 8.14. The molecule has 0 amide bonds. The molecule has 1 aromatic heterocycles. The molecule has 0 fully saturated rings. The molecule has 0 aliphatic heterocycles. The monoisotopic (exact) mass is 404 g/mol. The molecule has 9 heteroatoms. The summed E-state index contributed by atoms with van der Waals surface area (Å²) in [7, 11) is 7.01. The lowest BCUT2D eigenvalue weighted by atomic mass is 9.97. The molecule has 0 unspecified atom stereocenters. The van der Waals surface area contributed by atoms with Gasteiger partial charge in [0.2, 0.25) is 5.75 Å². The Morgan fingerprint density at radius 2 is 1.69 bits per heavy atom. The Balaban J connectivity index is 2.87. The van der Waals surface area contributed by atoms with Gasteiger partial charge in [0.15, 0.2) is 11.5 Å². The zero-order valence-corrected chi connectivity index (χ0v) is 17.0. The summed E-state index contributed by atoms with van der Waals surface area (Å²) in [6.07, 6.45) is 2.66. The molecule has 0 bridgehead atoms. The molecule has 156 valence electrons. The number of nitrogens with two attached hydrogens (primary N) is 1. The first-order chi connectivity index (χ1) is 14.0. The number of H-pyrrole nitrogens is 1. The van der Waals surface area contributed by atoms with Gasteiger partial charge in [0.25, 0.3) is 0 Å². The quantitative estimate of drug-likeness (QED) is 0.507. The Morgan fingerprint density at radius 3 is 2.21 bits per heavy atom. The van der Waals surface area contributed by atoms with Crippen LogP contribution in [0.3, 0.4) is 0 Å². The van der Waals surface area contributed by atoms with Crippen LogP contribution in [0.15, 0.2) is 18.2 Å². The summed E-state index contributed by atoms with van der Waals surface area (Å²) in [4.78, 5) is 26.9. The van der Waals surface area contributed by atoms with E-state index in [1.807, 2.05) is 0 Å². The average molecular weight is 404 g/mol. The van der Waals surface area contributed by atoms with Crippen LogP contribution in [-0.2, 0) is 20.8 Å². The third kappa shape index (κ3) is 4.19. The van der Waals surface area contributed by atoms with Crippen molar-refractivity contribution in [3.05, 3.63) is 35.2 Å². The van der Waals surface area contributed by atoms with Gasteiger partial charge in [-0.15, -0.1) is 0 Å².